The van der Waals surface area contributed by atoms with Gasteiger partial charge in [-0.1, -0.05) is 34.6 Å². The van der Waals surface area contributed by atoms with Crippen molar-refractivity contribution in [1.82, 2.24) is 15.3 Å². The van der Waals surface area contributed by atoms with Gasteiger partial charge in [0.1, 0.15) is 5.82 Å². The highest BCUT2D eigenvalue weighted by Gasteiger charge is 2.26. The molecule has 96 valence electrons. The van der Waals surface area contributed by atoms with Crippen molar-refractivity contribution in [1.29, 1.82) is 0 Å². The Bertz CT molecular complexity index is 381. The molecule has 1 aromatic rings. The summed E-state index contributed by atoms with van der Waals surface area (Å²) in [6, 6.07) is 0. The Morgan fingerprint density at radius 1 is 1.29 bits per heavy atom. The molecule has 2 heterocycles. The number of rotatable bonds is 3. The summed E-state index contributed by atoms with van der Waals surface area (Å²) in [5.74, 6) is 2.46. The molecule has 0 bridgehead atoms. The zero-order chi connectivity index (χ0) is 12.6. The number of hydrogen-bond donors (Lipinski definition) is 2. The van der Waals surface area contributed by atoms with Crippen LogP contribution >= 0.6 is 0 Å². The maximum Gasteiger partial charge on any atom is 0.106 e. The molecule has 1 aromatic heterocycles. The molecule has 3 heteroatoms. The van der Waals surface area contributed by atoms with Gasteiger partial charge in [0.2, 0.25) is 0 Å². The van der Waals surface area contributed by atoms with E-state index in [1.54, 1.807) is 0 Å². The third kappa shape index (κ3) is 2.71. The quantitative estimate of drug-likeness (QED) is 0.845. The Hall–Kier alpha value is -0.830. The molecule has 0 amide bonds. The first-order valence-corrected chi connectivity index (χ1v) is 6.68. The van der Waals surface area contributed by atoms with E-state index < -0.39 is 0 Å². The third-order valence-electron chi connectivity index (χ3n) is 3.42. The van der Waals surface area contributed by atoms with Crippen LogP contribution in [-0.2, 0) is 11.8 Å². The summed E-state index contributed by atoms with van der Waals surface area (Å²) in [4.78, 5) is 8.39. The van der Waals surface area contributed by atoms with E-state index >= 15 is 0 Å². The molecule has 0 atom stereocenters. The molecular weight excluding hydrogens is 210 g/mol. The van der Waals surface area contributed by atoms with Crippen molar-refractivity contribution in [2.75, 3.05) is 13.1 Å². The Balaban J connectivity index is 2.23. The second-order valence-electron chi connectivity index (χ2n) is 6.58. The minimum Gasteiger partial charge on any atom is -0.345 e. The van der Waals surface area contributed by atoms with E-state index in [1.807, 2.05) is 0 Å². The smallest absolute Gasteiger partial charge is 0.106 e. The predicted octanol–water partition coefficient (Wildman–Crippen LogP) is 2.59. The molecule has 3 nitrogen and oxygen atoms in total. The lowest BCUT2D eigenvalue weighted by Gasteiger charge is -2.26. The van der Waals surface area contributed by atoms with Crippen LogP contribution in [-0.4, -0.2) is 23.1 Å². The standard InChI is InChI=1S/C14H25N3/c1-9(2)12-13(14(3,4)5)17-11(16-12)6-10-7-15-8-10/h9-10,15H,6-8H2,1-5H3,(H,16,17). The van der Waals surface area contributed by atoms with Crippen LogP contribution in [0.3, 0.4) is 0 Å². The highest BCUT2D eigenvalue weighted by molar-refractivity contribution is 5.25. The van der Waals surface area contributed by atoms with Crippen LogP contribution in [0.4, 0.5) is 0 Å². The summed E-state index contributed by atoms with van der Waals surface area (Å²) >= 11 is 0. The first-order chi connectivity index (χ1) is 7.88. The fourth-order valence-corrected chi connectivity index (χ4v) is 2.29. The SMILES string of the molecule is CC(C)c1[nH]c(CC2CNC2)nc1C(C)(C)C. The van der Waals surface area contributed by atoms with E-state index in [2.05, 4.69) is 44.9 Å². The number of aromatic amines is 1. The van der Waals surface area contributed by atoms with Gasteiger partial charge in [-0.05, 0) is 24.9 Å². The normalized spacial score (nSPS) is 17.5. The maximum absolute atomic E-state index is 4.84. The van der Waals surface area contributed by atoms with E-state index in [-0.39, 0.29) is 5.41 Å². The molecule has 0 unspecified atom stereocenters. The summed E-state index contributed by atoms with van der Waals surface area (Å²) in [7, 11) is 0. The van der Waals surface area contributed by atoms with Gasteiger partial charge in [-0.15, -0.1) is 0 Å². The summed E-state index contributed by atoms with van der Waals surface area (Å²) in [6.07, 6.45) is 1.09. The Morgan fingerprint density at radius 3 is 2.29 bits per heavy atom. The van der Waals surface area contributed by atoms with Crippen LogP contribution in [0, 0.1) is 5.92 Å². The van der Waals surface area contributed by atoms with Crippen molar-refractivity contribution in [3.05, 3.63) is 17.2 Å². The van der Waals surface area contributed by atoms with Gasteiger partial charge in [-0.2, -0.15) is 0 Å². The number of nitrogens with one attached hydrogen (secondary N) is 2. The molecule has 1 aliphatic heterocycles. The second-order valence-corrected chi connectivity index (χ2v) is 6.58. The first-order valence-electron chi connectivity index (χ1n) is 6.68. The van der Waals surface area contributed by atoms with E-state index in [0.29, 0.717) is 5.92 Å². The van der Waals surface area contributed by atoms with Gasteiger partial charge in [0, 0.05) is 17.5 Å². The minimum atomic E-state index is 0.131. The van der Waals surface area contributed by atoms with Crippen LogP contribution in [0.2, 0.25) is 0 Å². The number of H-pyrrole nitrogens is 1. The van der Waals surface area contributed by atoms with Gasteiger partial charge in [-0.3, -0.25) is 0 Å². The van der Waals surface area contributed by atoms with E-state index in [9.17, 15) is 0 Å². The highest BCUT2D eigenvalue weighted by atomic mass is 15.0. The molecule has 17 heavy (non-hydrogen) atoms. The number of hydrogen-bond acceptors (Lipinski definition) is 2. The molecule has 0 saturated carbocycles. The lowest BCUT2D eigenvalue weighted by atomic mass is 9.88. The summed E-state index contributed by atoms with van der Waals surface area (Å²) in [6.45, 7) is 13.5. The van der Waals surface area contributed by atoms with Crippen molar-refractivity contribution in [3.8, 4) is 0 Å². The molecular formula is C14H25N3. The fourth-order valence-electron chi connectivity index (χ4n) is 2.29. The average Bonchev–Trinajstić information content (AvgIpc) is 2.54. The lowest BCUT2D eigenvalue weighted by molar-refractivity contribution is 0.341. The maximum atomic E-state index is 4.84. The summed E-state index contributed by atoms with van der Waals surface area (Å²) in [5, 5.41) is 3.31. The Morgan fingerprint density at radius 2 is 1.94 bits per heavy atom. The molecule has 0 spiro atoms. The molecule has 0 aromatic carbocycles. The van der Waals surface area contributed by atoms with Crippen molar-refractivity contribution < 1.29 is 0 Å². The van der Waals surface area contributed by atoms with E-state index in [0.717, 1.165) is 25.4 Å². The van der Waals surface area contributed by atoms with Crippen LogP contribution < -0.4 is 5.32 Å². The first kappa shape index (κ1) is 12.6. The molecule has 2 N–H and O–H groups in total. The van der Waals surface area contributed by atoms with E-state index in [4.69, 9.17) is 4.98 Å². The number of nitrogens with zero attached hydrogens (tertiary/aromatic N) is 1. The van der Waals surface area contributed by atoms with Crippen molar-refractivity contribution in [3.63, 3.8) is 0 Å². The zero-order valence-corrected chi connectivity index (χ0v) is 11.7. The molecule has 0 aliphatic carbocycles. The van der Waals surface area contributed by atoms with Gasteiger partial charge in [-0.25, -0.2) is 4.98 Å². The number of aromatic nitrogens is 2. The van der Waals surface area contributed by atoms with Crippen molar-refractivity contribution >= 4 is 0 Å². The van der Waals surface area contributed by atoms with Gasteiger partial charge >= 0.3 is 0 Å². The van der Waals surface area contributed by atoms with E-state index in [1.165, 1.54) is 17.2 Å². The average molecular weight is 235 g/mol. The van der Waals surface area contributed by atoms with Gasteiger partial charge < -0.3 is 10.3 Å². The topological polar surface area (TPSA) is 40.7 Å². The van der Waals surface area contributed by atoms with Crippen molar-refractivity contribution in [2.24, 2.45) is 5.92 Å². The Kier molecular flexibility index (Phi) is 3.30. The van der Waals surface area contributed by atoms with Crippen LogP contribution in [0.5, 0.6) is 0 Å². The summed E-state index contributed by atoms with van der Waals surface area (Å²) < 4.78 is 0. The largest absolute Gasteiger partial charge is 0.345 e. The monoisotopic (exact) mass is 235 g/mol. The zero-order valence-electron chi connectivity index (χ0n) is 11.7. The van der Waals surface area contributed by atoms with Gasteiger partial charge in [0.05, 0.1) is 5.69 Å². The predicted molar refractivity (Wildman–Crippen MR) is 71.4 cm³/mol. The number of imidazole rings is 1. The third-order valence-corrected chi connectivity index (χ3v) is 3.42. The second kappa shape index (κ2) is 4.45. The molecule has 1 aliphatic rings. The highest BCUT2D eigenvalue weighted by Crippen LogP contribution is 2.29. The van der Waals surface area contributed by atoms with Crippen LogP contribution in [0.25, 0.3) is 0 Å². The molecule has 2 rings (SSSR count). The summed E-state index contributed by atoms with van der Waals surface area (Å²) in [5.41, 5.74) is 2.70. The molecule has 0 radical (unpaired) electrons. The van der Waals surface area contributed by atoms with Crippen molar-refractivity contribution in [2.45, 2.75) is 52.4 Å². The van der Waals surface area contributed by atoms with Gasteiger partial charge in [0.25, 0.3) is 0 Å². The lowest BCUT2D eigenvalue weighted by Crippen LogP contribution is -2.43. The molecule has 1 fully saturated rings. The Labute approximate surface area is 104 Å². The van der Waals surface area contributed by atoms with Crippen LogP contribution in [0.1, 0.15) is 57.7 Å². The minimum absolute atomic E-state index is 0.131. The molecule has 1 saturated heterocycles. The van der Waals surface area contributed by atoms with Crippen LogP contribution in [0.15, 0.2) is 0 Å². The van der Waals surface area contributed by atoms with Gasteiger partial charge in [0.15, 0.2) is 0 Å². The fraction of sp³-hybridized carbons (Fsp3) is 0.786.